The summed E-state index contributed by atoms with van der Waals surface area (Å²) < 4.78 is 0. The van der Waals surface area contributed by atoms with Gasteiger partial charge >= 0.3 is 0 Å². The third-order valence-corrected chi connectivity index (χ3v) is 3.20. The third-order valence-electron chi connectivity index (χ3n) is 3.03. The Bertz CT molecular complexity index is 526. The number of aromatic nitrogens is 3. The van der Waals surface area contributed by atoms with Gasteiger partial charge in [-0.25, -0.2) is 0 Å². The Morgan fingerprint density at radius 2 is 1.70 bits per heavy atom. The SMILES string of the molecule is N#CCN(CC#N)c1nc(Cl)nc(N2CCCCC2)n1. The van der Waals surface area contributed by atoms with Gasteiger partial charge in [0.15, 0.2) is 0 Å². The van der Waals surface area contributed by atoms with E-state index in [4.69, 9.17) is 22.1 Å². The maximum absolute atomic E-state index is 8.80. The molecule has 8 heteroatoms. The van der Waals surface area contributed by atoms with Gasteiger partial charge in [0.2, 0.25) is 17.2 Å². The van der Waals surface area contributed by atoms with Crippen LogP contribution in [0.1, 0.15) is 19.3 Å². The molecule has 1 saturated heterocycles. The molecule has 0 N–H and O–H groups in total. The van der Waals surface area contributed by atoms with Gasteiger partial charge in [-0.2, -0.15) is 25.5 Å². The maximum atomic E-state index is 8.80. The lowest BCUT2D eigenvalue weighted by atomic mass is 10.1. The smallest absolute Gasteiger partial charge is 0.233 e. The fourth-order valence-electron chi connectivity index (χ4n) is 2.07. The predicted octanol–water partition coefficient (Wildman–Crippen LogP) is 1.37. The molecule has 1 aromatic heterocycles. The number of piperidine rings is 1. The molecular weight excluding hydrogens is 278 g/mol. The van der Waals surface area contributed by atoms with Gasteiger partial charge in [-0.3, -0.25) is 0 Å². The minimum absolute atomic E-state index is 0.0351. The van der Waals surface area contributed by atoms with Crippen LogP contribution in [0.25, 0.3) is 0 Å². The summed E-state index contributed by atoms with van der Waals surface area (Å²) in [5.41, 5.74) is 0. The summed E-state index contributed by atoms with van der Waals surface area (Å²) in [7, 11) is 0. The molecule has 2 rings (SSSR count). The van der Waals surface area contributed by atoms with Crippen molar-refractivity contribution in [3.63, 3.8) is 0 Å². The summed E-state index contributed by atoms with van der Waals surface area (Å²) in [6.45, 7) is 1.84. The van der Waals surface area contributed by atoms with Crippen LogP contribution in [0, 0.1) is 22.7 Å². The molecule has 0 spiro atoms. The van der Waals surface area contributed by atoms with Gasteiger partial charge in [0.05, 0.1) is 12.1 Å². The molecule has 7 nitrogen and oxygen atoms in total. The number of halogens is 1. The number of nitriles is 2. The molecule has 20 heavy (non-hydrogen) atoms. The summed E-state index contributed by atoms with van der Waals surface area (Å²) in [5.74, 6) is 0.786. The highest BCUT2D eigenvalue weighted by atomic mass is 35.5. The first-order valence-corrected chi connectivity index (χ1v) is 6.78. The molecule has 1 aliphatic heterocycles. The number of rotatable bonds is 4. The van der Waals surface area contributed by atoms with Gasteiger partial charge in [-0.05, 0) is 30.9 Å². The zero-order valence-electron chi connectivity index (χ0n) is 11.0. The van der Waals surface area contributed by atoms with Crippen molar-refractivity contribution in [1.29, 1.82) is 10.5 Å². The molecule has 0 radical (unpaired) electrons. The standard InChI is InChI=1S/C12H14ClN7/c13-10-16-11(19-6-2-1-3-7-19)18-12(17-10)20(8-4-14)9-5-15/h1-3,6-9H2. The normalized spacial score (nSPS) is 14.4. The van der Waals surface area contributed by atoms with Crippen molar-refractivity contribution in [1.82, 2.24) is 15.0 Å². The zero-order valence-corrected chi connectivity index (χ0v) is 11.7. The molecule has 1 aliphatic rings. The predicted molar refractivity (Wildman–Crippen MR) is 74.3 cm³/mol. The van der Waals surface area contributed by atoms with E-state index in [2.05, 4.69) is 19.9 Å². The first-order valence-electron chi connectivity index (χ1n) is 6.40. The van der Waals surface area contributed by atoms with Gasteiger partial charge in [-0.1, -0.05) is 0 Å². The van der Waals surface area contributed by atoms with Gasteiger partial charge < -0.3 is 9.80 Å². The van der Waals surface area contributed by atoms with Crippen LogP contribution in [0.15, 0.2) is 0 Å². The van der Waals surface area contributed by atoms with E-state index in [1.54, 1.807) is 0 Å². The highest BCUT2D eigenvalue weighted by Crippen LogP contribution is 2.20. The lowest BCUT2D eigenvalue weighted by Gasteiger charge is -2.27. The highest BCUT2D eigenvalue weighted by molar-refractivity contribution is 6.28. The van der Waals surface area contributed by atoms with Crippen LogP contribution in [-0.2, 0) is 0 Å². The van der Waals surface area contributed by atoms with Gasteiger partial charge in [0.1, 0.15) is 13.1 Å². The van der Waals surface area contributed by atoms with Crippen molar-refractivity contribution in [2.24, 2.45) is 0 Å². The van der Waals surface area contributed by atoms with E-state index in [1.165, 1.54) is 11.3 Å². The number of hydrogen-bond acceptors (Lipinski definition) is 7. The van der Waals surface area contributed by atoms with E-state index >= 15 is 0 Å². The molecule has 1 aromatic rings. The van der Waals surface area contributed by atoms with E-state index in [9.17, 15) is 0 Å². The molecule has 0 unspecified atom stereocenters. The van der Waals surface area contributed by atoms with Crippen LogP contribution < -0.4 is 9.80 Å². The minimum atomic E-state index is 0.0351. The van der Waals surface area contributed by atoms with E-state index < -0.39 is 0 Å². The van der Waals surface area contributed by atoms with E-state index in [1.807, 2.05) is 12.1 Å². The molecule has 0 amide bonds. The zero-order chi connectivity index (χ0) is 14.4. The van der Waals surface area contributed by atoms with E-state index in [-0.39, 0.29) is 24.3 Å². The first kappa shape index (κ1) is 14.3. The van der Waals surface area contributed by atoms with Crippen LogP contribution in [-0.4, -0.2) is 41.1 Å². The third kappa shape index (κ3) is 3.46. The second-order valence-electron chi connectivity index (χ2n) is 4.42. The van der Waals surface area contributed by atoms with Gasteiger partial charge in [0.25, 0.3) is 0 Å². The molecule has 104 valence electrons. The van der Waals surface area contributed by atoms with Crippen molar-refractivity contribution in [2.75, 3.05) is 36.0 Å². The summed E-state index contributed by atoms with van der Waals surface area (Å²) in [6.07, 6.45) is 3.40. The van der Waals surface area contributed by atoms with Crippen LogP contribution in [0.4, 0.5) is 11.9 Å². The Hall–Kier alpha value is -2.12. The average Bonchev–Trinajstić information content (AvgIpc) is 2.47. The van der Waals surface area contributed by atoms with Crippen molar-refractivity contribution < 1.29 is 0 Å². The molecule has 0 bridgehead atoms. The van der Waals surface area contributed by atoms with Gasteiger partial charge in [-0.15, -0.1) is 0 Å². The van der Waals surface area contributed by atoms with Crippen LogP contribution in [0.2, 0.25) is 5.28 Å². The lowest BCUT2D eigenvalue weighted by molar-refractivity contribution is 0.567. The molecule has 2 heterocycles. The Labute approximate surface area is 122 Å². The molecular formula is C12H14ClN7. The topological polar surface area (TPSA) is 92.7 Å². The van der Waals surface area contributed by atoms with E-state index in [0.29, 0.717) is 5.95 Å². The molecule has 0 aliphatic carbocycles. The van der Waals surface area contributed by atoms with Crippen molar-refractivity contribution in [3.8, 4) is 12.1 Å². The molecule has 0 aromatic carbocycles. The Morgan fingerprint density at radius 3 is 2.30 bits per heavy atom. The summed E-state index contributed by atoms with van der Waals surface area (Å²) in [5, 5.41) is 17.7. The molecule has 0 atom stereocenters. The molecule has 1 fully saturated rings. The summed E-state index contributed by atoms with van der Waals surface area (Å²) >= 11 is 5.93. The van der Waals surface area contributed by atoms with Crippen LogP contribution >= 0.6 is 11.6 Å². The Balaban J connectivity index is 2.27. The lowest BCUT2D eigenvalue weighted by Crippen LogP contribution is -2.32. The largest absolute Gasteiger partial charge is 0.341 e. The minimum Gasteiger partial charge on any atom is -0.341 e. The van der Waals surface area contributed by atoms with Crippen LogP contribution in [0.3, 0.4) is 0 Å². The monoisotopic (exact) mass is 291 g/mol. The fraction of sp³-hybridized carbons (Fsp3) is 0.583. The highest BCUT2D eigenvalue weighted by Gasteiger charge is 2.18. The van der Waals surface area contributed by atoms with Gasteiger partial charge in [0, 0.05) is 13.1 Å². The van der Waals surface area contributed by atoms with Crippen molar-refractivity contribution >= 4 is 23.5 Å². The summed E-state index contributed by atoms with van der Waals surface area (Å²) in [4.78, 5) is 16.0. The van der Waals surface area contributed by atoms with E-state index in [0.717, 1.165) is 25.9 Å². The first-order chi connectivity index (χ1) is 9.74. The average molecular weight is 292 g/mol. The van der Waals surface area contributed by atoms with Crippen molar-refractivity contribution in [2.45, 2.75) is 19.3 Å². The number of anilines is 2. The fourth-order valence-corrected chi connectivity index (χ4v) is 2.23. The van der Waals surface area contributed by atoms with Crippen LogP contribution in [0.5, 0.6) is 0 Å². The second kappa shape index (κ2) is 6.88. The number of hydrogen-bond donors (Lipinski definition) is 0. The number of nitrogens with zero attached hydrogens (tertiary/aromatic N) is 7. The molecule has 0 saturated carbocycles. The quantitative estimate of drug-likeness (QED) is 0.773. The maximum Gasteiger partial charge on any atom is 0.233 e. The second-order valence-corrected chi connectivity index (χ2v) is 4.76. The summed E-state index contributed by atoms with van der Waals surface area (Å²) in [6, 6.07) is 3.97. The van der Waals surface area contributed by atoms with Crippen molar-refractivity contribution in [3.05, 3.63) is 5.28 Å². The Kier molecular flexibility index (Phi) is 4.91. The Morgan fingerprint density at radius 1 is 1.05 bits per heavy atom.